The molecule has 1 heterocycles. The molecule has 0 saturated carbocycles. The molecule has 274 valence electrons. The number of nitrogens with two attached hydrogens (primary N) is 1. The first-order valence-corrected chi connectivity index (χ1v) is 17.7. The zero-order valence-electron chi connectivity index (χ0n) is 29.6. The molecule has 0 aromatic heterocycles. The van der Waals surface area contributed by atoms with Crippen LogP contribution in [0.15, 0.2) is 60.7 Å². The van der Waals surface area contributed by atoms with Gasteiger partial charge in [-0.3, -0.25) is 19.2 Å². The van der Waals surface area contributed by atoms with Crippen LogP contribution in [0.1, 0.15) is 69.9 Å². The van der Waals surface area contributed by atoms with E-state index in [9.17, 15) is 29.1 Å². The Hall–Kier alpha value is -4.29. The Bertz CT molecular complexity index is 1370. The van der Waals surface area contributed by atoms with Gasteiger partial charge in [0.15, 0.2) is 5.78 Å². The topological polar surface area (TPSA) is 180 Å². The predicted molar refractivity (Wildman–Crippen MR) is 191 cm³/mol. The maximum atomic E-state index is 14.0. The Morgan fingerprint density at radius 2 is 1.44 bits per heavy atom. The van der Waals surface area contributed by atoms with Gasteiger partial charge in [-0.15, -0.1) is 0 Å². The van der Waals surface area contributed by atoms with Crippen molar-refractivity contribution in [1.29, 1.82) is 0 Å². The van der Waals surface area contributed by atoms with Crippen molar-refractivity contribution in [2.75, 3.05) is 26.7 Å². The number of likely N-dealkylation sites (tertiary alicyclic amines) is 1. The number of ether oxygens (including phenoxy) is 1. The van der Waals surface area contributed by atoms with E-state index in [4.69, 9.17) is 10.5 Å². The van der Waals surface area contributed by atoms with Crippen LogP contribution in [0.5, 0.6) is 0 Å². The third-order valence-electron chi connectivity index (χ3n) is 9.02. The lowest BCUT2D eigenvalue weighted by atomic mass is 9.88. The maximum absolute atomic E-state index is 14.0. The lowest BCUT2D eigenvalue weighted by Gasteiger charge is -2.34. The summed E-state index contributed by atoms with van der Waals surface area (Å²) in [5, 5.41) is 19.1. The summed E-state index contributed by atoms with van der Waals surface area (Å²) in [7, 11) is 1.31. The van der Waals surface area contributed by atoms with Crippen LogP contribution in [-0.2, 0) is 36.8 Å². The van der Waals surface area contributed by atoms with Gasteiger partial charge < -0.3 is 36.4 Å². The van der Waals surface area contributed by atoms with Crippen LogP contribution >= 0.6 is 0 Å². The van der Waals surface area contributed by atoms with E-state index in [1.807, 2.05) is 74.5 Å². The molecule has 12 heteroatoms. The Labute approximate surface area is 295 Å². The molecule has 4 atom stereocenters. The Morgan fingerprint density at radius 1 is 0.860 bits per heavy atom. The third-order valence-corrected chi connectivity index (χ3v) is 9.02. The number of amides is 4. The number of aliphatic hydroxyl groups is 1. The summed E-state index contributed by atoms with van der Waals surface area (Å²) in [6.07, 6.45) is 1.68. The van der Waals surface area contributed by atoms with Gasteiger partial charge in [0.05, 0.1) is 13.2 Å². The average molecular weight is 694 g/mol. The van der Waals surface area contributed by atoms with Crippen LogP contribution in [0.4, 0.5) is 4.79 Å². The highest BCUT2D eigenvalue weighted by atomic mass is 16.5. The number of nitrogens with zero attached hydrogens (tertiary/aromatic N) is 1. The number of methoxy groups -OCH3 is 1. The summed E-state index contributed by atoms with van der Waals surface area (Å²) < 4.78 is 4.70. The number of carbonyl (C=O) groups excluding carboxylic acids is 5. The van der Waals surface area contributed by atoms with Crippen LogP contribution in [0.2, 0.25) is 0 Å². The normalized spacial score (nSPS) is 15.8. The first-order valence-electron chi connectivity index (χ1n) is 17.7. The van der Waals surface area contributed by atoms with Crippen LogP contribution in [0.25, 0.3) is 0 Å². The second-order valence-corrected chi connectivity index (χ2v) is 13.5. The molecule has 0 radical (unpaired) electrons. The lowest BCUT2D eigenvalue weighted by molar-refractivity contribution is -0.140. The van der Waals surface area contributed by atoms with Gasteiger partial charge in [-0.05, 0) is 55.7 Å². The number of piperidine rings is 1. The molecule has 0 bridgehead atoms. The fraction of sp³-hybridized carbons (Fsp3) is 0.553. The van der Waals surface area contributed by atoms with Crippen molar-refractivity contribution in [3.8, 4) is 0 Å². The number of rotatable bonds is 19. The predicted octanol–water partition coefficient (Wildman–Crippen LogP) is 2.90. The summed E-state index contributed by atoms with van der Waals surface area (Å²) in [5.74, 6) is -2.14. The minimum atomic E-state index is -1.38. The molecule has 12 nitrogen and oxygen atoms in total. The lowest BCUT2D eigenvalue weighted by Crippen LogP contribution is -2.55. The van der Waals surface area contributed by atoms with E-state index in [0.717, 1.165) is 11.1 Å². The zero-order valence-corrected chi connectivity index (χ0v) is 29.6. The minimum Gasteiger partial charge on any atom is -0.453 e. The fourth-order valence-electron chi connectivity index (χ4n) is 6.23. The standard InChI is InChI=1S/C38H55N5O7/c1-26(2)22-31(33(44)25-29(16-10-11-19-39)37(48)43-20-17-30(18-21-43)40-38(49)50-3)41-35(46)32(23-27-12-6-4-7-13-27)42-36(47)34(45)24-28-14-8-5-9-15-28/h4-9,12-15,26,29-32,34,45H,10-11,16-25,39H2,1-3H3,(H,40,49)(H,41,46)(H,42,47)/t29-,31+,32+,34+/m0/s1. The molecule has 50 heavy (non-hydrogen) atoms. The number of nitrogens with one attached hydrogen (secondary N) is 3. The molecule has 6 N–H and O–H groups in total. The number of carbonyl (C=O) groups is 5. The molecule has 0 aliphatic carbocycles. The molecular weight excluding hydrogens is 638 g/mol. The molecule has 0 spiro atoms. The first-order chi connectivity index (χ1) is 24.0. The average Bonchev–Trinajstić information content (AvgIpc) is 3.11. The molecule has 1 aliphatic rings. The van der Waals surface area contributed by atoms with Crippen LogP contribution in [0, 0.1) is 11.8 Å². The highest BCUT2D eigenvalue weighted by Crippen LogP contribution is 2.22. The van der Waals surface area contributed by atoms with Crippen molar-refractivity contribution in [1.82, 2.24) is 20.9 Å². The highest BCUT2D eigenvalue weighted by Gasteiger charge is 2.34. The highest BCUT2D eigenvalue weighted by molar-refractivity contribution is 5.95. The van der Waals surface area contributed by atoms with Gasteiger partial charge in [-0.1, -0.05) is 80.9 Å². The SMILES string of the molecule is COC(=O)NC1CCN(C(=O)[C@@H](CCCCN)CC(=O)[C@@H](CC(C)C)NC(=O)[C@@H](Cc2ccccc2)NC(=O)[C@H](O)Cc2ccccc2)CC1. The summed E-state index contributed by atoms with van der Waals surface area (Å²) in [6, 6.07) is 16.3. The van der Waals surface area contributed by atoms with Gasteiger partial charge >= 0.3 is 6.09 Å². The van der Waals surface area contributed by atoms with Gasteiger partial charge in [-0.25, -0.2) is 4.79 Å². The van der Waals surface area contributed by atoms with Crippen molar-refractivity contribution < 1.29 is 33.8 Å². The number of hydrogen-bond acceptors (Lipinski definition) is 8. The number of unbranched alkanes of at least 4 members (excludes halogenated alkanes) is 1. The molecule has 2 aromatic carbocycles. The fourth-order valence-corrected chi connectivity index (χ4v) is 6.23. The molecule has 1 saturated heterocycles. The van der Waals surface area contributed by atoms with Crippen LogP contribution in [-0.4, -0.2) is 90.6 Å². The summed E-state index contributed by atoms with van der Waals surface area (Å²) in [4.78, 5) is 68.2. The van der Waals surface area contributed by atoms with Crippen molar-refractivity contribution in [2.45, 2.75) is 95.9 Å². The van der Waals surface area contributed by atoms with Gasteiger partial charge in [0.25, 0.3) is 0 Å². The molecule has 1 aliphatic heterocycles. The molecule has 3 rings (SSSR count). The Kier molecular flexibility index (Phi) is 16.9. The van der Waals surface area contributed by atoms with Crippen molar-refractivity contribution in [3.63, 3.8) is 0 Å². The van der Waals surface area contributed by atoms with Crippen LogP contribution < -0.4 is 21.7 Å². The van der Waals surface area contributed by atoms with E-state index in [1.165, 1.54) is 7.11 Å². The number of aliphatic hydroxyl groups excluding tert-OH is 1. The number of benzene rings is 2. The number of ketones is 1. The molecule has 4 amide bonds. The molecule has 0 unspecified atom stereocenters. The quantitative estimate of drug-likeness (QED) is 0.139. The molecule has 2 aromatic rings. The summed E-state index contributed by atoms with van der Waals surface area (Å²) in [6.45, 7) is 5.26. The minimum absolute atomic E-state index is 0.0480. The smallest absolute Gasteiger partial charge is 0.407 e. The molecule has 1 fully saturated rings. The van der Waals surface area contributed by atoms with E-state index in [2.05, 4.69) is 16.0 Å². The Balaban J connectivity index is 1.74. The van der Waals surface area contributed by atoms with Gasteiger partial charge in [0, 0.05) is 44.3 Å². The van der Waals surface area contributed by atoms with Gasteiger partial charge in [0.2, 0.25) is 17.7 Å². The monoisotopic (exact) mass is 693 g/mol. The van der Waals surface area contributed by atoms with Crippen molar-refractivity contribution >= 4 is 29.6 Å². The van der Waals surface area contributed by atoms with E-state index in [0.29, 0.717) is 58.2 Å². The molecular formula is C38H55N5O7. The van der Waals surface area contributed by atoms with Crippen molar-refractivity contribution in [3.05, 3.63) is 71.8 Å². The van der Waals surface area contributed by atoms with E-state index >= 15 is 0 Å². The number of Topliss-reactive ketones (excluding diaryl/α,β-unsaturated/α-hetero) is 1. The van der Waals surface area contributed by atoms with Gasteiger partial charge in [0.1, 0.15) is 12.1 Å². The first kappa shape index (κ1) is 40.1. The van der Waals surface area contributed by atoms with E-state index in [1.54, 1.807) is 4.90 Å². The van der Waals surface area contributed by atoms with E-state index < -0.39 is 42.0 Å². The third kappa shape index (κ3) is 13.5. The van der Waals surface area contributed by atoms with Crippen LogP contribution in [0.3, 0.4) is 0 Å². The largest absolute Gasteiger partial charge is 0.453 e. The van der Waals surface area contributed by atoms with Gasteiger partial charge in [-0.2, -0.15) is 0 Å². The van der Waals surface area contributed by atoms with E-state index in [-0.39, 0.29) is 42.9 Å². The second kappa shape index (κ2) is 21.0. The summed E-state index contributed by atoms with van der Waals surface area (Å²) >= 11 is 0. The summed E-state index contributed by atoms with van der Waals surface area (Å²) in [5.41, 5.74) is 7.31. The Morgan fingerprint density at radius 3 is 2.00 bits per heavy atom. The zero-order chi connectivity index (χ0) is 36.5. The van der Waals surface area contributed by atoms with Crippen molar-refractivity contribution in [2.24, 2.45) is 17.6 Å². The number of hydrogen-bond donors (Lipinski definition) is 5. The second-order valence-electron chi connectivity index (χ2n) is 13.5. The maximum Gasteiger partial charge on any atom is 0.407 e. The number of alkyl carbamates (subject to hydrolysis) is 1.